The minimum atomic E-state index is 0.122. The molecule has 1 aromatic heterocycles. The third-order valence-corrected chi connectivity index (χ3v) is 2.98. The summed E-state index contributed by atoms with van der Waals surface area (Å²) in [5.41, 5.74) is 7.82. The van der Waals surface area contributed by atoms with E-state index in [1.165, 1.54) is 5.56 Å². The van der Waals surface area contributed by atoms with Crippen molar-refractivity contribution < 1.29 is 4.74 Å². The van der Waals surface area contributed by atoms with Crippen LogP contribution in [0.15, 0.2) is 30.5 Å². The molecule has 0 saturated heterocycles. The van der Waals surface area contributed by atoms with Gasteiger partial charge in [0.25, 0.3) is 0 Å². The van der Waals surface area contributed by atoms with Gasteiger partial charge in [-0.05, 0) is 23.1 Å². The second kappa shape index (κ2) is 5.45. The Kier molecular flexibility index (Phi) is 3.90. The van der Waals surface area contributed by atoms with Crippen molar-refractivity contribution >= 4 is 0 Å². The molecule has 0 aliphatic rings. The zero-order valence-corrected chi connectivity index (χ0v) is 11.7. The molecule has 1 aromatic carbocycles. The van der Waals surface area contributed by atoms with Crippen molar-refractivity contribution in [3.05, 3.63) is 47.5 Å². The number of rotatable bonds is 4. The van der Waals surface area contributed by atoms with Crippen LogP contribution in [0, 0.1) is 0 Å². The molecule has 0 aliphatic carbocycles. The van der Waals surface area contributed by atoms with Gasteiger partial charge in [-0.2, -0.15) is 0 Å². The third kappa shape index (κ3) is 3.58. The summed E-state index contributed by atoms with van der Waals surface area (Å²) in [4.78, 5) is 7.33. The predicted octanol–water partition coefficient (Wildman–Crippen LogP) is 2.74. The monoisotopic (exact) mass is 259 g/mol. The molecule has 0 unspecified atom stereocenters. The number of H-pyrrole nitrogens is 1. The molecule has 3 N–H and O–H groups in total. The molecule has 0 amide bonds. The molecule has 4 heteroatoms. The van der Waals surface area contributed by atoms with Crippen molar-refractivity contribution in [2.45, 2.75) is 39.3 Å². The average Bonchev–Trinajstić information content (AvgIpc) is 2.84. The van der Waals surface area contributed by atoms with Gasteiger partial charge in [-0.25, -0.2) is 4.98 Å². The summed E-state index contributed by atoms with van der Waals surface area (Å²) in [6.45, 7) is 7.45. The maximum absolute atomic E-state index is 5.75. The lowest BCUT2D eigenvalue weighted by Crippen LogP contribution is -2.11. The van der Waals surface area contributed by atoms with E-state index in [1.54, 1.807) is 6.20 Å². The van der Waals surface area contributed by atoms with Gasteiger partial charge in [-0.15, -0.1) is 0 Å². The first kappa shape index (κ1) is 13.6. The summed E-state index contributed by atoms with van der Waals surface area (Å²) in [7, 11) is 0. The number of nitrogens with two attached hydrogens (primary N) is 1. The Morgan fingerprint density at radius 1 is 1.32 bits per heavy atom. The Balaban J connectivity index is 2.03. The van der Waals surface area contributed by atoms with Crippen LogP contribution in [0.4, 0.5) is 0 Å². The maximum Gasteiger partial charge on any atom is 0.146 e. The van der Waals surface area contributed by atoms with Crippen LogP contribution < -0.4 is 10.5 Å². The fraction of sp³-hybridized carbons (Fsp3) is 0.400. The van der Waals surface area contributed by atoms with E-state index >= 15 is 0 Å². The highest BCUT2D eigenvalue weighted by atomic mass is 16.5. The molecule has 0 saturated carbocycles. The summed E-state index contributed by atoms with van der Waals surface area (Å²) >= 11 is 0. The van der Waals surface area contributed by atoms with Crippen LogP contribution in [0.1, 0.15) is 37.9 Å². The first-order chi connectivity index (χ1) is 8.99. The first-order valence-electron chi connectivity index (χ1n) is 6.45. The van der Waals surface area contributed by atoms with E-state index in [9.17, 15) is 0 Å². The van der Waals surface area contributed by atoms with Gasteiger partial charge in [0.1, 0.15) is 18.2 Å². The molecule has 0 fully saturated rings. The van der Waals surface area contributed by atoms with Crippen molar-refractivity contribution in [1.29, 1.82) is 0 Å². The average molecular weight is 259 g/mol. The molecule has 0 radical (unpaired) electrons. The molecule has 4 nitrogen and oxygen atoms in total. The normalized spacial score (nSPS) is 11.6. The van der Waals surface area contributed by atoms with Crippen LogP contribution >= 0.6 is 0 Å². The van der Waals surface area contributed by atoms with Gasteiger partial charge >= 0.3 is 0 Å². The van der Waals surface area contributed by atoms with Gasteiger partial charge in [-0.1, -0.05) is 32.9 Å². The van der Waals surface area contributed by atoms with Crippen molar-refractivity contribution in [3.63, 3.8) is 0 Å². The maximum atomic E-state index is 5.75. The largest absolute Gasteiger partial charge is 0.486 e. The van der Waals surface area contributed by atoms with E-state index in [2.05, 4.69) is 42.9 Å². The molecular weight excluding hydrogens is 238 g/mol. The molecule has 2 aromatic rings. The number of hydrogen-bond donors (Lipinski definition) is 2. The zero-order chi connectivity index (χ0) is 13.9. The van der Waals surface area contributed by atoms with Gasteiger partial charge < -0.3 is 15.5 Å². The zero-order valence-electron chi connectivity index (χ0n) is 11.7. The molecule has 0 spiro atoms. The number of hydrogen-bond acceptors (Lipinski definition) is 3. The minimum absolute atomic E-state index is 0.122. The Morgan fingerprint density at radius 2 is 2.11 bits per heavy atom. The van der Waals surface area contributed by atoms with Crippen molar-refractivity contribution in [3.8, 4) is 5.75 Å². The topological polar surface area (TPSA) is 63.9 Å². The Hall–Kier alpha value is -1.81. The Bertz CT molecular complexity index is 540. The standard InChI is InChI=1S/C15H21N3O/c1-15(2,3)11-5-4-6-13(7-11)19-10-14-17-9-12(8-16)18-14/h4-7,9H,8,10,16H2,1-3H3,(H,17,18). The summed E-state index contributed by atoms with van der Waals surface area (Å²) in [5, 5.41) is 0. The van der Waals surface area contributed by atoms with Gasteiger partial charge in [0.15, 0.2) is 0 Å². The Labute approximate surface area is 114 Å². The van der Waals surface area contributed by atoms with Crippen LogP contribution in [-0.2, 0) is 18.6 Å². The second-order valence-corrected chi connectivity index (χ2v) is 5.63. The molecule has 2 rings (SSSR count). The molecule has 0 atom stereocenters. The number of aromatic nitrogens is 2. The molecular formula is C15H21N3O. The van der Waals surface area contributed by atoms with Gasteiger partial charge in [0, 0.05) is 18.4 Å². The van der Waals surface area contributed by atoms with E-state index < -0.39 is 0 Å². The first-order valence-corrected chi connectivity index (χ1v) is 6.45. The number of imidazole rings is 1. The summed E-state index contributed by atoms with van der Waals surface area (Å²) in [6.07, 6.45) is 1.74. The van der Waals surface area contributed by atoms with Crippen LogP contribution in [0.2, 0.25) is 0 Å². The highest BCUT2D eigenvalue weighted by Crippen LogP contribution is 2.25. The summed E-state index contributed by atoms with van der Waals surface area (Å²) in [5.74, 6) is 1.65. The van der Waals surface area contributed by atoms with Crippen LogP contribution in [0.25, 0.3) is 0 Å². The van der Waals surface area contributed by atoms with E-state index in [0.717, 1.165) is 17.3 Å². The van der Waals surface area contributed by atoms with Gasteiger partial charge in [0.2, 0.25) is 0 Å². The lowest BCUT2D eigenvalue weighted by Gasteiger charge is -2.19. The fourth-order valence-corrected chi connectivity index (χ4v) is 1.79. The number of nitrogens with zero attached hydrogens (tertiary/aromatic N) is 1. The number of nitrogens with one attached hydrogen (secondary N) is 1. The summed E-state index contributed by atoms with van der Waals surface area (Å²) in [6, 6.07) is 8.17. The van der Waals surface area contributed by atoms with Crippen molar-refractivity contribution in [1.82, 2.24) is 9.97 Å². The number of aromatic amines is 1. The molecule has 102 valence electrons. The van der Waals surface area contributed by atoms with E-state index in [0.29, 0.717) is 13.2 Å². The van der Waals surface area contributed by atoms with E-state index in [-0.39, 0.29) is 5.41 Å². The highest BCUT2D eigenvalue weighted by Gasteiger charge is 2.14. The van der Waals surface area contributed by atoms with E-state index in [1.807, 2.05) is 12.1 Å². The molecule has 19 heavy (non-hydrogen) atoms. The minimum Gasteiger partial charge on any atom is -0.486 e. The van der Waals surface area contributed by atoms with Gasteiger partial charge in [-0.3, -0.25) is 0 Å². The van der Waals surface area contributed by atoms with E-state index in [4.69, 9.17) is 10.5 Å². The van der Waals surface area contributed by atoms with Crippen molar-refractivity contribution in [2.24, 2.45) is 5.73 Å². The van der Waals surface area contributed by atoms with Crippen LogP contribution in [-0.4, -0.2) is 9.97 Å². The lowest BCUT2D eigenvalue weighted by atomic mass is 9.87. The Morgan fingerprint density at radius 3 is 2.74 bits per heavy atom. The second-order valence-electron chi connectivity index (χ2n) is 5.63. The quantitative estimate of drug-likeness (QED) is 0.887. The number of ether oxygens (including phenoxy) is 1. The molecule has 1 heterocycles. The molecule has 0 aliphatic heterocycles. The smallest absolute Gasteiger partial charge is 0.146 e. The van der Waals surface area contributed by atoms with Crippen LogP contribution in [0.3, 0.4) is 0 Å². The number of benzene rings is 1. The van der Waals surface area contributed by atoms with Crippen molar-refractivity contribution in [2.75, 3.05) is 0 Å². The summed E-state index contributed by atoms with van der Waals surface area (Å²) < 4.78 is 5.75. The molecule has 0 bridgehead atoms. The lowest BCUT2D eigenvalue weighted by molar-refractivity contribution is 0.296. The third-order valence-electron chi connectivity index (χ3n) is 2.98. The predicted molar refractivity (Wildman–Crippen MR) is 76.0 cm³/mol. The fourth-order valence-electron chi connectivity index (χ4n) is 1.79. The highest BCUT2D eigenvalue weighted by molar-refractivity contribution is 5.32. The SMILES string of the molecule is CC(C)(C)c1cccc(OCc2ncc(CN)[nH]2)c1. The van der Waals surface area contributed by atoms with Crippen LogP contribution in [0.5, 0.6) is 5.75 Å². The van der Waals surface area contributed by atoms with Gasteiger partial charge in [0.05, 0.1) is 0 Å².